The molecule has 2 aliphatic heterocycles. The van der Waals surface area contributed by atoms with Crippen LogP contribution >= 0.6 is 0 Å². The maximum atomic E-state index is 12.2. The second-order valence-electron chi connectivity index (χ2n) is 13.2. The molecule has 2 fully saturated rings. The number of carbonyl (C=O) groups is 3. The lowest BCUT2D eigenvalue weighted by atomic mass is 9.96. The third-order valence-corrected chi connectivity index (χ3v) is 9.10. The minimum atomic E-state index is -0.519. The summed E-state index contributed by atoms with van der Waals surface area (Å²) in [6.45, 7) is 3.75. The predicted molar refractivity (Wildman–Crippen MR) is 171 cm³/mol. The van der Waals surface area contributed by atoms with E-state index in [4.69, 9.17) is 9.47 Å². The molecule has 0 amide bonds. The van der Waals surface area contributed by atoms with E-state index in [1.54, 1.807) is 0 Å². The Labute approximate surface area is 261 Å². The monoisotopic (exact) mass is 606 g/mol. The number of cyclic esters (lactones) is 1. The van der Waals surface area contributed by atoms with E-state index < -0.39 is 12.2 Å². The van der Waals surface area contributed by atoms with Gasteiger partial charge < -0.3 is 24.5 Å². The molecule has 2 unspecified atom stereocenters. The molecule has 0 aromatic heterocycles. The highest BCUT2D eigenvalue weighted by molar-refractivity contribution is 5.83. The summed E-state index contributed by atoms with van der Waals surface area (Å²) in [5, 5.41) is 21.2. The topological polar surface area (TPSA) is 110 Å². The molecular weight excluding hydrogens is 544 g/mol. The van der Waals surface area contributed by atoms with Crippen LogP contribution in [-0.4, -0.2) is 58.3 Å². The minimum absolute atomic E-state index is 0.0151. The molecule has 0 spiro atoms. The molecule has 0 radical (unpaired) electrons. The first-order valence-electron chi connectivity index (χ1n) is 17.7. The van der Waals surface area contributed by atoms with Crippen LogP contribution in [0.2, 0.25) is 0 Å². The molecule has 0 bridgehead atoms. The van der Waals surface area contributed by atoms with E-state index in [1.807, 2.05) is 0 Å². The van der Waals surface area contributed by atoms with Gasteiger partial charge in [0, 0.05) is 19.3 Å². The third-order valence-electron chi connectivity index (χ3n) is 9.10. The fourth-order valence-electron chi connectivity index (χ4n) is 6.43. The molecule has 2 aliphatic rings. The quantitative estimate of drug-likeness (QED) is 0.0589. The van der Waals surface area contributed by atoms with Gasteiger partial charge in [-0.25, -0.2) is 0 Å². The number of aliphatic hydroxyl groups excluding tert-OH is 2. The Balaban J connectivity index is 1.43. The molecule has 43 heavy (non-hydrogen) atoms. The number of ether oxygens (including phenoxy) is 2. The molecule has 2 rings (SSSR count). The number of aliphatic hydroxyl groups is 2. The van der Waals surface area contributed by atoms with E-state index in [-0.39, 0.29) is 48.2 Å². The number of carbonyl (C=O) groups excluding carboxylic acids is 3. The zero-order valence-electron chi connectivity index (χ0n) is 27.3. The summed E-state index contributed by atoms with van der Waals surface area (Å²) < 4.78 is 11.4. The van der Waals surface area contributed by atoms with Crippen LogP contribution in [0.15, 0.2) is 12.2 Å². The number of unbranched alkanes of at least 4 members (excludes halogenated alkanes) is 10. The number of allylic oxidation sites excluding steroid dienone is 2. The lowest BCUT2D eigenvalue weighted by molar-refractivity contribution is -0.145. The van der Waals surface area contributed by atoms with Gasteiger partial charge in [-0.2, -0.15) is 0 Å². The van der Waals surface area contributed by atoms with Crippen molar-refractivity contribution in [3.63, 3.8) is 0 Å². The van der Waals surface area contributed by atoms with Gasteiger partial charge in [0.15, 0.2) is 0 Å². The van der Waals surface area contributed by atoms with Crippen molar-refractivity contribution in [2.45, 2.75) is 192 Å². The summed E-state index contributed by atoms with van der Waals surface area (Å²) in [5.74, 6) is -0.272. The lowest BCUT2D eigenvalue weighted by Crippen LogP contribution is -2.31. The zero-order chi connectivity index (χ0) is 31.3. The van der Waals surface area contributed by atoms with Crippen molar-refractivity contribution in [1.82, 2.24) is 0 Å². The molecule has 248 valence electrons. The predicted octanol–water partition coefficient (Wildman–Crippen LogP) is 7.72. The Kier molecular flexibility index (Phi) is 20.0. The van der Waals surface area contributed by atoms with Crippen LogP contribution in [0.1, 0.15) is 162 Å². The highest BCUT2D eigenvalue weighted by atomic mass is 16.6. The fraction of sp³-hybridized carbons (Fsp3) is 0.861. The van der Waals surface area contributed by atoms with Gasteiger partial charge in [-0.1, -0.05) is 70.4 Å². The van der Waals surface area contributed by atoms with E-state index in [2.05, 4.69) is 19.1 Å². The number of rotatable bonds is 26. The van der Waals surface area contributed by atoms with Gasteiger partial charge in [-0.05, 0) is 84.0 Å². The normalized spacial score (nSPS) is 23.6. The number of ketones is 2. The van der Waals surface area contributed by atoms with Crippen molar-refractivity contribution < 1.29 is 34.1 Å². The second kappa shape index (κ2) is 22.9. The van der Waals surface area contributed by atoms with Gasteiger partial charge in [0.2, 0.25) is 0 Å². The van der Waals surface area contributed by atoms with Gasteiger partial charge in [-0.3, -0.25) is 9.59 Å². The second-order valence-corrected chi connectivity index (χ2v) is 13.2. The number of hydrogen-bond acceptors (Lipinski definition) is 7. The largest absolute Gasteiger partial charge is 0.462 e. The first-order chi connectivity index (χ1) is 20.8. The molecule has 6 atom stereocenters. The average Bonchev–Trinajstić information content (AvgIpc) is 3.60. The smallest absolute Gasteiger partial charge is 0.309 e. The Hall–Kier alpha value is -1.57. The van der Waals surface area contributed by atoms with Crippen LogP contribution in [0.3, 0.4) is 0 Å². The maximum Gasteiger partial charge on any atom is 0.309 e. The highest BCUT2D eigenvalue weighted by Crippen LogP contribution is 2.29. The molecule has 0 aromatic rings. The van der Waals surface area contributed by atoms with Crippen molar-refractivity contribution in [3.05, 3.63) is 12.2 Å². The summed E-state index contributed by atoms with van der Waals surface area (Å²) in [6, 6.07) is 0. The maximum absolute atomic E-state index is 12.2. The molecule has 0 aliphatic carbocycles. The standard InChI is InChI=1S/C36H62O7/c1-3-4-5-6-7-8-9-10-11-12-15-22-32(39)34-24-25-35(43-34)33(40)23-16-13-14-19-30(38)20-17-18-21-31-27-29(26-28(2)37)36(41)42-31/h11-12,29,31-35,39-40H,3-10,13-27H2,1-2H3/b12-11-/t29?,31-,32-,33-,34-,35?/m1/s1. The van der Waals surface area contributed by atoms with Gasteiger partial charge >= 0.3 is 5.97 Å². The van der Waals surface area contributed by atoms with Crippen molar-refractivity contribution in [3.8, 4) is 0 Å². The minimum Gasteiger partial charge on any atom is -0.462 e. The van der Waals surface area contributed by atoms with Crippen molar-refractivity contribution in [1.29, 1.82) is 0 Å². The molecule has 2 heterocycles. The molecule has 0 saturated carbocycles. The average molecular weight is 607 g/mol. The van der Waals surface area contributed by atoms with Crippen LogP contribution in [0.25, 0.3) is 0 Å². The van der Waals surface area contributed by atoms with E-state index in [0.29, 0.717) is 32.1 Å². The van der Waals surface area contributed by atoms with Gasteiger partial charge in [0.05, 0.1) is 30.3 Å². The van der Waals surface area contributed by atoms with E-state index >= 15 is 0 Å². The molecule has 2 N–H and O–H groups in total. The molecule has 7 nitrogen and oxygen atoms in total. The SMILES string of the molecule is CCCCCCCCC/C=C\CC[C@@H](O)[C@H]1CCC([C@H](O)CCCCCC(=O)CCCC[C@@H]2CC(CC(C)=O)C(=O)O2)O1. The van der Waals surface area contributed by atoms with E-state index in [9.17, 15) is 24.6 Å². The van der Waals surface area contributed by atoms with Crippen LogP contribution in [0, 0.1) is 5.92 Å². The van der Waals surface area contributed by atoms with E-state index in [0.717, 1.165) is 64.2 Å². The molecular formula is C36H62O7. The number of Topliss-reactive ketones (excluding diaryl/α,β-unsaturated/α-hetero) is 2. The Bertz CT molecular complexity index is 809. The third kappa shape index (κ3) is 16.9. The van der Waals surface area contributed by atoms with Crippen molar-refractivity contribution >= 4 is 17.5 Å². The van der Waals surface area contributed by atoms with Crippen LogP contribution in [0.5, 0.6) is 0 Å². The van der Waals surface area contributed by atoms with Gasteiger partial charge in [-0.15, -0.1) is 0 Å². The Morgan fingerprint density at radius 3 is 2.12 bits per heavy atom. The highest BCUT2D eigenvalue weighted by Gasteiger charge is 2.35. The van der Waals surface area contributed by atoms with Crippen LogP contribution in [0.4, 0.5) is 0 Å². The van der Waals surface area contributed by atoms with Gasteiger partial charge in [0.25, 0.3) is 0 Å². The summed E-state index contributed by atoms with van der Waals surface area (Å²) in [4.78, 5) is 35.3. The number of hydrogen-bond donors (Lipinski definition) is 2. The number of esters is 1. The summed E-state index contributed by atoms with van der Waals surface area (Å²) in [5.41, 5.74) is 0. The fourth-order valence-corrected chi connectivity index (χ4v) is 6.43. The van der Waals surface area contributed by atoms with E-state index in [1.165, 1.54) is 51.9 Å². The summed E-state index contributed by atoms with van der Waals surface area (Å²) in [7, 11) is 0. The lowest BCUT2D eigenvalue weighted by Gasteiger charge is -2.22. The molecule has 0 aromatic carbocycles. The molecule has 7 heteroatoms. The van der Waals surface area contributed by atoms with Crippen LogP contribution < -0.4 is 0 Å². The Morgan fingerprint density at radius 2 is 1.42 bits per heavy atom. The van der Waals surface area contributed by atoms with Crippen molar-refractivity contribution in [2.75, 3.05) is 0 Å². The Morgan fingerprint density at radius 1 is 0.814 bits per heavy atom. The first-order valence-corrected chi connectivity index (χ1v) is 17.7. The van der Waals surface area contributed by atoms with Crippen LogP contribution in [-0.2, 0) is 23.9 Å². The van der Waals surface area contributed by atoms with Gasteiger partial charge in [0.1, 0.15) is 17.7 Å². The van der Waals surface area contributed by atoms with Crippen molar-refractivity contribution in [2.24, 2.45) is 5.92 Å². The first kappa shape index (κ1) is 37.6. The zero-order valence-corrected chi connectivity index (χ0v) is 27.3. The summed E-state index contributed by atoms with van der Waals surface area (Å²) >= 11 is 0. The summed E-state index contributed by atoms with van der Waals surface area (Å²) in [6.07, 6.45) is 24.1. The molecule has 2 saturated heterocycles.